The van der Waals surface area contributed by atoms with Gasteiger partial charge in [-0.25, -0.2) is 9.78 Å². The van der Waals surface area contributed by atoms with Crippen molar-refractivity contribution in [3.8, 4) is 0 Å². The third-order valence-corrected chi connectivity index (χ3v) is 3.65. The molecule has 3 N–H and O–H groups in total. The number of carbonyl (C=O) groups is 2. The van der Waals surface area contributed by atoms with Crippen LogP contribution in [0.4, 0.5) is 28.8 Å². The molecule has 0 atom stereocenters. The molecule has 1 amide bonds. The van der Waals surface area contributed by atoms with Gasteiger partial charge in [-0.05, 0) is 42.5 Å². The zero-order valence-electron chi connectivity index (χ0n) is 15.4. The van der Waals surface area contributed by atoms with E-state index in [1.807, 2.05) is 12.1 Å². The van der Waals surface area contributed by atoms with E-state index in [4.69, 9.17) is 4.74 Å². The number of carbonyl (C=O) groups excluding carboxylic acids is 2. The summed E-state index contributed by atoms with van der Waals surface area (Å²) in [5.74, 6) is 0.380. The van der Waals surface area contributed by atoms with E-state index < -0.39 is 5.97 Å². The number of aromatic nitrogens is 2. The predicted octanol–water partition coefficient (Wildman–Crippen LogP) is 3.71. The Bertz CT molecular complexity index is 1010. The average molecular weight is 377 g/mol. The molecule has 8 heteroatoms. The normalized spacial score (nSPS) is 10.1. The quantitative estimate of drug-likeness (QED) is 0.562. The van der Waals surface area contributed by atoms with E-state index in [2.05, 4.69) is 25.9 Å². The van der Waals surface area contributed by atoms with Crippen molar-refractivity contribution < 1.29 is 14.3 Å². The Balaban J connectivity index is 1.74. The van der Waals surface area contributed by atoms with Crippen LogP contribution in [0.1, 0.15) is 17.3 Å². The first-order valence-electron chi connectivity index (χ1n) is 8.46. The van der Waals surface area contributed by atoms with Gasteiger partial charge in [0.2, 0.25) is 11.9 Å². The van der Waals surface area contributed by atoms with E-state index in [-0.39, 0.29) is 5.91 Å². The van der Waals surface area contributed by atoms with Crippen LogP contribution in [0.2, 0.25) is 0 Å². The van der Waals surface area contributed by atoms with E-state index in [9.17, 15) is 9.59 Å². The standard InChI is InChI=1S/C20H19N5O3/c1-13(26)22-16-7-4-8-17(12-16)23-18-9-10-21-20(25-18)24-15-6-3-5-14(11-15)19(27)28-2/h3-12H,1-2H3,(H,22,26)(H2,21,23,24,25). The fourth-order valence-electron chi connectivity index (χ4n) is 2.49. The maximum absolute atomic E-state index is 11.7. The molecule has 28 heavy (non-hydrogen) atoms. The van der Waals surface area contributed by atoms with E-state index in [1.165, 1.54) is 14.0 Å². The van der Waals surface area contributed by atoms with Crippen LogP contribution in [-0.2, 0) is 9.53 Å². The van der Waals surface area contributed by atoms with Crippen molar-refractivity contribution in [3.05, 3.63) is 66.4 Å². The van der Waals surface area contributed by atoms with Gasteiger partial charge < -0.3 is 20.7 Å². The second kappa shape index (κ2) is 8.63. The molecule has 0 radical (unpaired) electrons. The van der Waals surface area contributed by atoms with Gasteiger partial charge in [0, 0.05) is 30.2 Å². The van der Waals surface area contributed by atoms with Crippen molar-refractivity contribution in [2.45, 2.75) is 6.92 Å². The highest BCUT2D eigenvalue weighted by molar-refractivity contribution is 5.90. The number of rotatable bonds is 6. The van der Waals surface area contributed by atoms with Gasteiger partial charge in [0.05, 0.1) is 12.7 Å². The van der Waals surface area contributed by atoms with Crippen molar-refractivity contribution in [3.63, 3.8) is 0 Å². The lowest BCUT2D eigenvalue weighted by molar-refractivity contribution is -0.114. The van der Waals surface area contributed by atoms with E-state index in [0.717, 1.165) is 5.69 Å². The predicted molar refractivity (Wildman–Crippen MR) is 107 cm³/mol. The number of methoxy groups -OCH3 is 1. The van der Waals surface area contributed by atoms with Crippen LogP contribution in [0, 0.1) is 0 Å². The van der Waals surface area contributed by atoms with Crippen LogP contribution in [0.25, 0.3) is 0 Å². The van der Waals surface area contributed by atoms with Crippen molar-refractivity contribution >= 4 is 40.7 Å². The van der Waals surface area contributed by atoms with Gasteiger partial charge in [0.1, 0.15) is 5.82 Å². The summed E-state index contributed by atoms with van der Waals surface area (Å²) in [6.45, 7) is 1.46. The maximum atomic E-state index is 11.7. The van der Waals surface area contributed by atoms with Crippen LogP contribution in [0.5, 0.6) is 0 Å². The van der Waals surface area contributed by atoms with Gasteiger partial charge in [-0.3, -0.25) is 4.79 Å². The molecule has 1 heterocycles. The molecule has 8 nitrogen and oxygen atoms in total. The monoisotopic (exact) mass is 377 g/mol. The Hall–Kier alpha value is -3.94. The Morgan fingerprint density at radius 2 is 1.64 bits per heavy atom. The van der Waals surface area contributed by atoms with Gasteiger partial charge in [-0.2, -0.15) is 4.98 Å². The third-order valence-electron chi connectivity index (χ3n) is 3.65. The highest BCUT2D eigenvalue weighted by atomic mass is 16.5. The van der Waals surface area contributed by atoms with E-state index in [1.54, 1.807) is 48.7 Å². The number of nitrogens with zero attached hydrogens (tertiary/aromatic N) is 2. The smallest absolute Gasteiger partial charge is 0.337 e. The molecule has 3 aromatic rings. The number of hydrogen-bond donors (Lipinski definition) is 3. The summed E-state index contributed by atoms with van der Waals surface area (Å²) in [7, 11) is 1.33. The van der Waals surface area contributed by atoms with E-state index >= 15 is 0 Å². The Kier molecular flexibility index (Phi) is 5.81. The van der Waals surface area contributed by atoms with Crippen LogP contribution in [0.3, 0.4) is 0 Å². The minimum absolute atomic E-state index is 0.139. The minimum Gasteiger partial charge on any atom is -0.465 e. The van der Waals surface area contributed by atoms with Gasteiger partial charge in [0.25, 0.3) is 0 Å². The first-order chi connectivity index (χ1) is 13.5. The number of benzene rings is 2. The fourth-order valence-corrected chi connectivity index (χ4v) is 2.49. The second-order valence-corrected chi connectivity index (χ2v) is 5.85. The molecule has 0 unspecified atom stereocenters. The highest BCUT2D eigenvalue weighted by Gasteiger charge is 2.07. The van der Waals surface area contributed by atoms with Gasteiger partial charge in [0.15, 0.2) is 0 Å². The summed E-state index contributed by atoms with van der Waals surface area (Å²) in [6.07, 6.45) is 1.61. The van der Waals surface area contributed by atoms with Crippen molar-refractivity contribution in [1.82, 2.24) is 9.97 Å². The fraction of sp³-hybridized carbons (Fsp3) is 0.100. The molecule has 0 aliphatic heterocycles. The molecule has 0 aliphatic carbocycles. The SMILES string of the molecule is COC(=O)c1cccc(Nc2nccc(Nc3cccc(NC(C)=O)c3)n2)c1. The van der Waals surface area contributed by atoms with Gasteiger partial charge >= 0.3 is 5.97 Å². The lowest BCUT2D eigenvalue weighted by Gasteiger charge is -2.10. The Labute approximate surface area is 162 Å². The van der Waals surface area contributed by atoms with Crippen molar-refractivity contribution in [1.29, 1.82) is 0 Å². The largest absolute Gasteiger partial charge is 0.465 e. The number of amides is 1. The minimum atomic E-state index is -0.418. The molecule has 0 fully saturated rings. The number of esters is 1. The van der Waals surface area contributed by atoms with Crippen molar-refractivity contribution in [2.75, 3.05) is 23.1 Å². The van der Waals surface area contributed by atoms with Gasteiger partial charge in [-0.1, -0.05) is 12.1 Å². The topological polar surface area (TPSA) is 105 Å². The van der Waals surface area contributed by atoms with Crippen molar-refractivity contribution in [2.24, 2.45) is 0 Å². The lowest BCUT2D eigenvalue weighted by Crippen LogP contribution is -2.06. The summed E-state index contributed by atoms with van der Waals surface area (Å²) < 4.78 is 4.73. The van der Waals surface area contributed by atoms with Crippen LogP contribution >= 0.6 is 0 Å². The van der Waals surface area contributed by atoms with E-state index in [0.29, 0.717) is 28.7 Å². The summed E-state index contributed by atoms with van der Waals surface area (Å²) in [5, 5.41) is 8.96. The summed E-state index contributed by atoms with van der Waals surface area (Å²) in [6, 6.07) is 15.9. The zero-order valence-corrected chi connectivity index (χ0v) is 15.4. The molecular weight excluding hydrogens is 358 g/mol. The Morgan fingerprint density at radius 3 is 2.39 bits per heavy atom. The van der Waals surface area contributed by atoms with Crippen LogP contribution < -0.4 is 16.0 Å². The molecule has 0 aliphatic rings. The number of hydrogen-bond acceptors (Lipinski definition) is 7. The molecular formula is C20H19N5O3. The average Bonchev–Trinajstić information content (AvgIpc) is 2.67. The first kappa shape index (κ1) is 18.8. The summed E-state index contributed by atoms with van der Waals surface area (Å²) in [4.78, 5) is 31.5. The molecule has 142 valence electrons. The molecule has 3 rings (SSSR count). The summed E-state index contributed by atoms with van der Waals surface area (Å²) in [5.41, 5.74) is 2.54. The molecule has 0 saturated heterocycles. The molecule has 0 spiro atoms. The zero-order chi connectivity index (χ0) is 19.9. The van der Waals surface area contributed by atoms with Crippen LogP contribution in [0.15, 0.2) is 60.8 Å². The molecule has 0 saturated carbocycles. The molecule has 0 bridgehead atoms. The number of ether oxygens (including phenoxy) is 1. The lowest BCUT2D eigenvalue weighted by atomic mass is 10.2. The first-order valence-corrected chi connectivity index (χ1v) is 8.46. The molecule has 2 aromatic carbocycles. The number of anilines is 5. The van der Waals surface area contributed by atoms with Crippen LogP contribution in [-0.4, -0.2) is 29.0 Å². The number of nitrogens with one attached hydrogen (secondary N) is 3. The summed E-state index contributed by atoms with van der Waals surface area (Å²) >= 11 is 0. The second-order valence-electron chi connectivity index (χ2n) is 5.85. The van der Waals surface area contributed by atoms with Gasteiger partial charge in [-0.15, -0.1) is 0 Å². The highest BCUT2D eigenvalue weighted by Crippen LogP contribution is 2.21. The molecule has 1 aromatic heterocycles. The Morgan fingerprint density at radius 1 is 0.929 bits per heavy atom. The maximum Gasteiger partial charge on any atom is 0.337 e. The third kappa shape index (κ3) is 5.04.